The van der Waals surface area contributed by atoms with E-state index in [1.54, 1.807) is 0 Å². The normalized spacial score (nSPS) is 42.7. The monoisotopic (exact) mass is 168 g/mol. The van der Waals surface area contributed by atoms with Gasteiger partial charge in [-0.15, -0.1) is 0 Å². The van der Waals surface area contributed by atoms with Crippen molar-refractivity contribution in [1.82, 2.24) is 0 Å². The first kappa shape index (κ1) is 9.79. The summed E-state index contributed by atoms with van der Waals surface area (Å²) in [6.07, 6.45) is 1.91. The summed E-state index contributed by atoms with van der Waals surface area (Å²) in [4.78, 5) is 0. The van der Waals surface area contributed by atoms with Gasteiger partial charge in [0.1, 0.15) is 0 Å². The molecular formula is C11H20O. The fourth-order valence-corrected chi connectivity index (χ4v) is 2.10. The standard InChI is InChI=1S/C11H20O/c1-7(2)10-5-8(3)9(4)6-11(10)12/h8-12H,1,5-6H2,2-4H3. The van der Waals surface area contributed by atoms with E-state index >= 15 is 0 Å². The topological polar surface area (TPSA) is 20.2 Å². The Morgan fingerprint density at radius 1 is 1.25 bits per heavy atom. The first-order chi connectivity index (χ1) is 5.52. The van der Waals surface area contributed by atoms with Crippen molar-refractivity contribution in [3.8, 4) is 0 Å². The van der Waals surface area contributed by atoms with Gasteiger partial charge in [-0.05, 0) is 31.6 Å². The Morgan fingerprint density at radius 2 is 1.75 bits per heavy atom. The number of rotatable bonds is 1. The van der Waals surface area contributed by atoms with E-state index in [1.165, 1.54) is 0 Å². The van der Waals surface area contributed by atoms with Gasteiger partial charge in [-0.3, -0.25) is 0 Å². The molecule has 1 aliphatic carbocycles. The molecule has 70 valence electrons. The van der Waals surface area contributed by atoms with E-state index in [9.17, 15) is 5.11 Å². The summed E-state index contributed by atoms with van der Waals surface area (Å²) in [5.74, 6) is 1.74. The van der Waals surface area contributed by atoms with Crippen LogP contribution in [0.25, 0.3) is 0 Å². The maximum Gasteiger partial charge on any atom is 0.0608 e. The molecule has 0 heterocycles. The largest absolute Gasteiger partial charge is 0.392 e. The van der Waals surface area contributed by atoms with Gasteiger partial charge in [-0.25, -0.2) is 0 Å². The van der Waals surface area contributed by atoms with Crippen LogP contribution in [0.3, 0.4) is 0 Å². The van der Waals surface area contributed by atoms with Crippen molar-refractivity contribution in [2.45, 2.75) is 39.7 Å². The Labute approximate surface area is 75.5 Å². The van der Waals surface area contributed by atoms with E-state index in [1.807, 2.05) is 6.92 Å². The molecule has 0 aromatic rings. The minimum absolute atomic E-state index is 0.145. The second-order valence-electron chi connectivity index (χ2n) is 4.45. The lowest BCUT2D eigenvalue weighted by Gasteiger charge is -2.36. The zero-order chi connectivity index (χ0) is 9.30. The first-order valence-corrected chi connectivity index (χ1v) is 4.85. The van der Waals surface area contributed by atoms with Crippen LogP contribution in [0.15, 0.2) is 12.2 Å². The highest BCUT2D eigenvalue weighted by Gasteiger charge is 2.31. The van der Waals surface area contributed by atoms with Crippen molar-refractivity contribution in [3.05, 3.63) is 12.2 Å². The highest BCUT2D eigenvalue weighted by molar-refractivity contribution is 5.02. The molecule has 1 heteroatoms. The van der Waals surface area contributed by atoms with Crippen molar-refractivity contribution in [1.29, 1.82) is 0 Å². The van der Waals surface area contributed by atoms with Crippen LogP contribution < -0.4 is 0 Å². The van der Waals surface area contributed by atoms with Crippen molar-refractivity contribution < 1.29 is 5.11 Å². The molecule has 1 N–H and O–H groups in total. The molecule has 1 rings (SSSR count). The number of aliphatic hydroxyl groups excluding tert-OH is 1. The van der Waals surface area contributed by atoms with E-state index in [0.717, 1.165) is 24.3 Å². The lowest BCUT2D eigenvalue weighted by molar-refractivity contribution is 0.0407. The average Bonchev–Trinajstić information content (AvgIpc) is 1.96. The minimum Gasteiger partial charge on any atom is -0.392 e. The Hall–Kier alpha value is -0.300. The van der Waals surface area contributed by atoms with Gasteiger partial charge < -0.3 is 5.11 Å². The third-order valence-corrected chi connectivity index (χ3v) is 3.31. The quantitative estimate of drug-likeness (QED) is 0.597. The van der Waals surface area contributed by atoms with E-state index in [4.69, 9.17) is 0 Å². The molecule has 0 amide bonds. The molecule has 4 unspecified atom stereocenters. The molecule has 0 aliphatic heterocycles. The Morgan fingerprint density at radius 3 is 2.25 bits per heavy atom. The molecule has 0 aromatic carbocycles. The molecule has 0 aromatic heterocycles. The van der Waals surface area contributed by atoms with Crippen molar-refractivity contribution >= 4 is 0 Å². The SMILES string of the molecule is C=C(C)C1CC(C)C(C)CC1O. The number of aliphatic hydroxyl groups is 1. The van der Waals surface area contributed by atoms with Crippen LogP contribution in [0.1, 0.15) is 33.6 Å². The Kier molecular flexibility index (Phi) is 2.94. The highest BCUT2D eigenvalue weighted by Crippen LogP contribution is 2.36. The third-order valence-electron chi connectivity index (χ3n) is 3.31. The van der Waals surface area contributed by atoms with Gasteiger partial charge >= 0.3 is 0 Å². The molecule has 1 fully saturated rings. The molecule has 0 saturated heterocycles. The van der Waals surface area contributed by atoms with Crippen LogP contribution in [0.4, 0.5) is 0 Å². The van der Waals surface area contributed by atoms with Crippen LogP contribution >= 0.6 is 0 Å². The van der Waals surface area contributed by atoms with E-state index in [-0.39, 0.29) is 6.10 Å². The molecular weight excluding hydrogens is 148 g/mol. The van der Waals surface area contributed by atoms with E-state index in [0.29, 0.717) is 11.8 Å². The van der Waals surface area contributed by atoms with Crippen LogP contribution in [-0.4, -0.2) is 11.2 Å². The minimum atomic E-state index is -0.145. The lowest BCUT2D eigenvalue weighted by Crippen LogP contribution is -2.33. The van der Waals surface area contributed by atoms with Gasteiger partial charge in [-0.1, -0.05) is 26.0 Å². The van der Waals surface area contributed by atoms with Crippen LogP contribution in [0.2, 0.25) is 0 Å². The second kappa shape index (κ2) is 3.61. The predicted molar refractivity (Wildman–Crippen MR) is 51.9 cm³/mol. The average molecular weight is 168 g/mol. The van der Waals surface area contributed by atoms with E-state index < -0.39 is 0 Å². The highest BCUT2D eigenvalue weighted by atomic mass is 16.3. The van der Waals surface area contributed by atoms with Gasteiger partial charge in [0.25, 0.3) is 0 Å². The van der Waals surface area contributed by atoms with Gasteiger partial charge in [0.15, 0.2) is 0 Å². The summed E-state index contributed by atoms with van der Waals surface area (Å²) in [6.45, 7) is 10.4. The summed E-state index contributed by atoms with van der Waals surface area (Å²) in [5, 5.41) is 9.77. The van der Waals surface area contributed by atoms with Gasteiger partial charge in [0, 0.05) is 5.92 Å². The molecule has 0 radical (unpaired) electrons. The maximum absolute atomic E-state index is 9.77. The molecule has 12 heavy (non-hydrogen) atoms. The van der Waals surface area contributed by atoms with E-state index in [2.05, 4.69) is 20.4 Å². The summed E-state index contributed by atoms with van der Waals surface area (Å²) in [6, 6.07) is 0. The Bertz CT molecular complexity index is 174. The third kappa shape index (κ3) is 1.89. The fourth-order valence-electron chi connectivity index (χ4n) is 2.10. The molecule has 1 aliphatic rings. The summed E-state index contributed by atoms with van der Waals surface area (Å²) < 4.78 is 0. The zero-order valence-electron chi connectivity index (χ0n) is 8.38. The maximum atomic E-state index is 9.77. The second-order valence-corrected chi connectivity index (χ2v) is 4.45. The summed E-state index contributed by atoms with van der Waals surface area (Å²) in [7, 11) is 0. The van der Waals surface area contributed by atoms with Crippen LogP contribution in [0, 0.1) is 17.8 Å². The summed E-state index contributed by atoms with van der Waals surface area (Å²) >= 11 is 0. The number of hydrogen-bond donors (Lipinski definition) is 1. The smallest absolute Gasteiger partial charge is 0.0608 e. The first-order valence-electron chi connectivity index (χ1n) is 4.85. The molecule has 0 spiro atoms. The molecule has 1 saturated carbocycles. The summed E-state index contributed by atoms with van der Waals surface area (Å²) in [5.41, 5.74) is 1.14. The Balaban J connectivity index is 2.61. The lowest BCUT2D eigenvalue weighted by atomic mass is 9.72. The number of hydrogen-bond acceptors (Lipinski definition) is 1. The van der Waals surface area contributed by atoms with Crippen molar-refractivity contribution in [2.24, 2.45) is 17.8 Å². The molecule has 1 nitrogen and oxygen atoms in total. The predicted octanol–water partition coefficient (Wildman–Crippen LogP) is 2.61. The molecule has 4 atom stereocenters. The molecule has 0 bridgehead atoms. The van der Waals surface area contributed by atoms with Gasteiger partial charge in [-0.2, -0.15) is 0 Å². The zero-order valence-corrected chi connectivity index (χ0v) is 8.38. The van der Waals surface area contributed by atoms with Crippen molar-refractivity contribution in [3.63, 3.8) is 0 Å². The van der Waals surface area contributed by atoms with Crippen molar-refractivity contribution in [2.75, 3.05) is 0 Å². The van der Waals surface area contributed by atoms with Gasteiger partial charge in [0.2, 0.25) is 0 Å². The van der Waals surface area contributed by atoms with Crippen LogP contribution in [0.5, 0.6) is 0 Å². The van der Waals surface area contributed by atoms with Crippen LogP contribution in [-0.2, 0) is 0 Å². The van der Waals surface area contributed by atoms with Gasteiger partial charge in [0.05, 0.1) is 6.10 Å². The fraction of sp³-hybridized carbons (Fsp3) is 0.818.